The number of hydrogen-bond acceptors (Lipinski definition) is 3. The summed E-state index contributed by atoms with van der Waals surface area (Å²) >= 11 is 0. The maximum Gasteiger partial charge on any atom is 0.128 e. The average molecular weight is 244 g/mol. The highest BCUT2D eigenvalue weighted by molar-refractivity contribution is 5.43. The summed E-state index contributed by atoms with van der Waals surface area (Å²) in [5.74, 6) is 2.10. The van der Waals surface area contributed by atoms with E-state index in [2.05, 4.69) is 0 Å². The molecule has 1 unspecified atom stereocenters. The normalized spacial score (nSPS) is 11.9. The van der Waals surface area contributed by atoms with Crippen LogP contribution in [0.3, 0.4) is 0 Å². The van der Waals surface area contributed by atoms with E-state index in [9.17, 15) is 5.11 Å². The van der Waals surface area contributed by atoms with Gasteiger partial charge in [0, 0.05) is 5.56 Å². The summed E-state index contributed by atoms with van der Waals surface area (Å²) in [6, 6.07) is 14.9. The van der Waals surface area contributed by atoms with Crippen LogP contribution < -0.4 is 9.47 Å². The lowest BCUT2D eigenvalue weighted by Gasteiger charge is -2.13. The van der Waals surface area contributed by atoms with Gasteiger partial charge < -0.3 is 14.6 Å². The standard InChI is InChI=1S/C15H16O3/c1-11(16)14-10-13(8-9-15(14)17-2)18-12-6-4-3-5-7-12/h3-11,16H,1-2H3. The second-order valence-corrected chi connectivity index (χ2v) is 3.99. The first-order valence-corrected chi connectivity index (χ1v) is 5.79. The lowest BCUT2D eigenvalue weighted by molar-refractivity contribution is 0.194. The Morgan fingerprint density at radius 3 is 2.33 bits per heavy atom. The van der Waals surface area contributed by atoms with E-state index in [0.717, 1.165) is 5.75 Å². The van der Waals surface area contributed by atoms with Crippen LogP contribution in [0.4, 0.5) is 0 Å². The van der Waals surface area contributed by atoms with Gasteiger partial charge in [0.2, 0.25) is 0 Å². The predicted octanol–water partition coefficient (Wildman–Crippen LogP) is 3.54. The van der Waals surface area contributed by atoms with E-state index in [1.165, 1.54) is 0 Å². The summed E-state index contributed by atoms with van der Waals surface area (Å²) in [5, 5.41) is 9.69. The Kier molecular flexibility index (Phi) is 3.85. The van der Waals surface area contributed by atoms with Crippen molar-refractivity contribution in [3.8, 4) is 17.2 Å². The molecule has 3 heteroatoms. The molecule has 2 rings (SSSR count). The second-order valence-electron chi connectivity index (χ2n) is 3.99. The fourth-order valence-corrected chi connectivity index (χ4v) is 1.73. The molecule has 3 nitrogen and oxygen atoms in total. The Bertz CT molecular complexity index is 506. The van der Waals surface area contributed by atoms with E-state index < -0.39 is 6.10 Å². The molecule has 0 saturated heterocycles. The van der Waals surface area contributed by atoms with Gasteiger partial charge in [-0.25, -0.2) is 0 Å². The molecule has 0 fully saturated rings. The van der Waals surface area contributed by atoms with Gasteiger partial charge in [-0.15, -0.1) is 0 Å². The van der Waals surface area contributed by atoms with E-state index >= 15 is 0 Å². The fraction of sp³-hybridized carbons (Fsp3) is 0.200. The Balaban J connectivity index is 2.27. The highest BCUT2D eigenvalue weighted by atomic mass is 16.5. The van der Waals surface area contributed by atoms with Gasteiger partial charge in [0.25, 0.3) is 0 Å². The zero-order chi connectivity index (χ0) is 13.0. The van der Waals surface area contributed by atoms with Gasteiger partial charge in [-0.3, -0.25) is 0 Å². The molecule has 0 radical (unpaired) electrons. The van der Waals surface area contributed by atoms with Crippen LogP contribution in [0.25, 0.3) is 0 Å². The van der Waals surface area contributed by atoms with Crippen LogP contribution in [0.1, 0.15) is 18.6 Å². The van der Waals surface area contributed by atoms with E-state index in [-0.39, 0.29) is 0 Å². The number of hydrogen-bond donors (Lipinski definition) is 1. The summed E-state index contributed by atoms with van der Waals surface area (Å²) in [6.45, 7) is 1.70. The molecular formula is C15H16O3. The maximum absolute atomic E-state index is 9.69. The van der Waals surface area contributed by atoms with Crippen LogP contribution in [0, 0.1) is 0 Å². The van der Waals surface area contributed by atoms with Crippen molar-refractivity contribution in [2.45, 2.75) is 13.0 Å². The van der Waals surface area contributed by atoms with Gasteiger partial charge in [-0.1, -0.05) is 18.2 Å². The van der Waals surface area contributed by atoms with Crippen LogP contribution in [0.2, 0.25) is 0 Å². The highest BCUT2D eigenvalue weighted by Crippen LogP contribution is 2.31. The third kappa shape index (κ3) is 2.81. The summed E-state index contributed by atoms with van der Waals surface area (Å²) in [4.78, 5) is 0. The molecule has 1 atom stereocenters. The molecule has 0 bridgehead atoms. The monoisotopic (exact) mass is 244 g/mol. The Labute approximate surface area is 107 Å². The van der Waals surface area contributed by atoms with Crippen molar-refractivity contribution in [2.75, 3.05) is 7.11 Å². The largest absolute Gasteiger partial charge is 0.496 e. The van der Waals surface area contributed by atoms with Gasteiger partial charge in [0.05, 0.1) is 13.2 Å². The molecule has 0 aliphatic heterocycles. The smallest absolute Gasteiger partial charge is 0.128 e. The van der Waals surface area contributed by atoms with Crippen molar-refractivity contribution in [1.29, 1.82) is 0 Å². The van der Waals surface area contributed by atoms with Gasteiger partial charge in [-0.05, 0) is 37.3 Å². The fourth-order valence-electron chi connectivity index (χ4n) is 1.73. The Hall–Kier alpha value is -2.00. The molecule has 18 heavy (non-hydrogen) atoms. The number of aliphatic hydroxyl groups is 1. The molecule has 0 aliphatic rings. The number of benzene rings is 2. The summed E-state index contributed by atoms with van der Waals surface area (Å²) in [5.41, 5.74) is 0.714. The lowest BCUT2D eigenvalue weighted by Crippen LogP contribution is -1.97. The Morgan fingerprint density at radius 2 is 1.72 bits per heavy atom. The molecule has 0 saturated carbocycles. The summed E-state index contributed by atoms with van der Waals surface area (Å²) in [6.07, 6.45) is -0.598. The van der Waals surface area contributed by atoms with Crippen molar-refractivity contribution in [1.82, 2.24) is 0 Å². The topological polar surface area (TPSA) is 38.7 Å². The number of aliphatic hydroxyl groups excluding tert-OH is 1. The van der Waals surface area contributed by atoms with E-state index in [1.807, 2.05) is 36.4 Å². The van der Waals surface area contributed by atoms with E-state index in [4.69, 9.17) is 9.47 Å². The van der Waals surface area contributed by atoms with Crippen molar-refractivity contribution in [3.05, 3.63) is 54.1 Å². The lowest BCUT2D eigenvalue weighted by atomic mass is 10.1. The number of methoxy groups -OCH3 is 1. The molecule has 0 amide bonds. The summed E-state index contributed by atoms with van der Waals surface area (Å²) in [7, 11) is 1.58. The number of rotatable bonds is 4. The zero-order valence-corrected chi connectivity index (χ0v) is 10.5. The molecular weight excluding hydrogens is 228 g/mol. The first-order valence-electron chi connectivity index (χ1n) is 5.79. The van der Waals surface area contributed by atoms with Crippen molar-refractivity contribution < 1.29 is 14.6 Å². The second kappa shape index (κ2) is 5.56. The SMILES string of the molecule is COc1ccc(Oc2ccccc2)cc1C(C)O. The first kappa shape index (κ1) is 12.5. The van der Waals surface area contributed by atoms with E-state index in [1.54, 1.807) is 26.2 Å². The van der Waals surface area contributed by atoms with Crippen molar-refractivity contribution >= 4 is 0 Å². The number of ether oxygens (including phenoxy) is 2. The third-order valence-corrected chi connectivity index (χ3v) is 2.63. The average Bonchev–Trinajstić information content (AvgIpc) is 2.40. The Morgan fingerprint density at radius 1 is 1.00 bits per heavy atom. The van der Waals surface area contributed by atoms with E-state index in [0.29, 0.717) is 17.1 Å². The van der Waals surface area contributed by atoms with Crippen LogP contribution in [-0.2, 0) is 0 Å². The molecule has 0 aromatic heterocycles. The molecule has 0 aliphatic carbocycles. The molecule has 1 N–H and O–H groups in total. The maximum atomic E-state index is 9.69. The molecule has 2 aromatic carbocycles. The van der Waals surface area contributed by atoms with Gasteiger partial charge in [0.1, 0.15) is 17.2 Å². The zero-order valence-electron chi connectivity index (χ0n) is 10.5. The molecule has 94 valence electrons. The van der Waals surface area contributed by atoms with Crippen molar-refractivity contribution in [2.24, 2.45) is 0 Å². The van der Waals surface area contributed by atoms with Gasteiger partial charge in [0.15, 0.2) is 0 Å². The molecule has 2 aromatic rings. The van der Waals surface area contributed by atoms with Crippen molar-refractivity contribution in [3.63, 3.8) is 0 Å². The van der Waals surface area contributed by atoms with Crippen LogP contribution in [-0.4, -0.2) is 12.2 Å². The molecule has 0 spiro atoms. The quantitative estimate of drug-likeness (QED) is 0.894. The van der Waals surface area contributed by atoms with Gasteiger partial charge >= 0.3 is 0 Å². The van der Waals surface area contributed by atoms with Crippen LogP contribution in [0.5, 0.6) is 17.2 Å². The predicted molar refractivity (Wildman–Crippen MR) is 70.1 cm³/mol. The van der Waals surface area contributed by atoms with Crippen LogP contribution in [0.15, 0.2) is 48.5 Å². The van der Waals surface area contributed by atoms with Crippen LogP contribution >= 0.6 is 0 Å². The first-order chi connectivity index (χ1) is 8.70. The van der Waals surface area contributed by atoms with Gasteiger partial charge in [-0.2, -0.15) is 0 Å². The third-order valence-electron chi connectivity index (χ3n) is 2.63. The minimum Gasteiger partial charge on any atom is -0.496 e. The highest BCUT2D eigenvalue weighted by Gasteiger charge is 2.10. The summed E-state index contributed by atoms with van der Waals surface area (Å²) < 4.78 is 10.9. The molecule has 0 heterocycles. The minimum atomic E-state index is -0.598. The minimum absolute atomic E-state index is 0.598. The number of para-hydroxylation sites is 1.